The van der Waals surface area contributed by atoms with Crippen LogP contribution in [-0.4, -0.2) is 21.7 Å². The van der Waals surface area contributed by atoms with Crippen molar-refractivity contribution < 1.29 is 18.0 Å². The minimum Gasteiger partial charge on any atom is -0.349 e. The fourth-order valence-electron chi connectivity index (χ4n) is 3.84. The zero-order chi connectivity index (χ0) is 21.3. The molecule has 1 aliphatic rings. The Morgan fingerprint density at radius 2 is 1.86 bits per heavy atom. The van der Waals surface area contributed by atoms with E-state index in [1.165, 1.54) is 11.3 Å². The summed E-state index contributed by atoms with van der Waals surface area (Å²) < 4.78 is 40.8. The number of halogens is 4. The Balaban J connectivity index is 1.58. The van der Waals surface area contributed by atoms with E-state index in [9.17, 15) is 18.0 Å². The molecule has 158 valence electrons. The first-order chi connectivity index (χ1) is 13.6. The van der Waals surface area contributed by atoms with Crippen LogP contribution in [0, 0.1) is 26.7 Å². The molecule has 0 atom stereocenters. The van der Waals surface area contributed by atoms with Crippen molar-refractivity contribution in [1.82, 2.24) is 15.1 Å². The minimum atomic E-state index is -4.51. The van der Waals surface area contributed by atoms with E-state index in [1.807, 2.05) is 6.92 Å². The van der Waals surface area contributed by atoms with Crippen molar-refractivity contribution >= 4 is 17.5 Å². The first kappa shape index (κ1) is 21.7. The highest BCUT2D eigenvalue weighted by molar-refractivity contribution is 6.33. The van der Waals surface area contributed by atoms with Crippen molar-refractivity contribution in [1.29, 1.82) is 0 Å². The fraction of sp³-hybridized carbons (Fsp3) is 0.524. The van der Waals surface area contributed by atoms with Gasteiger partial charge in [0.1, 0.15) is 0 Å². The molecular weight excluding hydrogens is 403 g/mol. The normalized spacial score (nSPS) is 20.0. The van der Waals surface area contributed by atoms with E-state index in [0.29, 0.717) is 5.92 Å². The Hall–Kier alpha value is -2.02. The second-order valence-corrected chi connectivity index (χ2v) is 8.27. The van der Waals surface area contributed by atoms with Crippen LogP contribution in [0.1, 0.15) is 58.6 Å². The Bertz CT molecular complexity index is 899. The van der Waals surface area contributed by atoms with Crippen molar-refractivity contribution in [2.45, 2.75) is 65.2 Å². The van der Waals surface area contributed by atoms with Gasteiger partial charge < -0.3 is 5.32 Å². The van der Waals surface area contributed by atoms with Crippen molar-refractivity contribution in [2.24, 2.45) is 5.92 Å². The highest BCUT2D eigenvalue weighted by Crippen LogP contribution is 2.32. The lowest BCUT2D eigenvalue weighted by Gasteiger charge is -2.29. The third kappa shape index (κ3) is 4.94. The van der Waals surface area contributed by atoms with Crippen LogP contribution >= 0.6 is 11.6 Å². The SMILES string of the molecule is Cc1nn(C[C@H]2CC[C@H](NC(=O)c3cc(C(F)(F)F)ccc3Cl)CC2)c(C)c1C. The molecule has 1 aromatic carbocycles. The summed E-state index contributed by atoms with van der Waals surface area (Å²) in [7, 11) is 0. The second-order valence-electron chi connectivity index (χ2n) is 7.86. The predicted octanol–water partition coefficient (Wildman–Crippen LogP) is 5.47. The standard InChI is InChI=1S/C21H25ClF3N3O/c1-12-13(2)27-28(14(12)3)11-15-4-7-17(8-5-15)26-20(29)18-10-16(21(23,24)25)6-9-19(18)22/h6,9-10,15,17H,4-5,7-8,11H2,1-3H3,(H,26,29)/t15-,17-. The maximum absolute atomic E-state index is 12.9. The van der Waals surface area contributed by atoms with Crippen LogP contribution in [0.4, 0.5) is 13.2 Å². The average molecular weight is 428 g/mol. The van der Waals surface area contributed by atoms with E-state index in [0.717, 1.165) is 56.1 Å². The molecule has 1 fully saturated rings. The summed E-state index contributed by atoms with van der Waals surface area (Å²) in [4.78, 5) is 12.5. The van der Waals surface area contributed by atoms with Gasteiger partial charge in [-0.05, 0) is 76.1 Å². The lowest BCUT2D eigenvalue weighted by Crippen LogP contribution is -2.38. The molecule has 8 heteroatoms. The van der Waals surface area contributed by atoms with E-state index in [-0.39, 0.29) is 16.6 Å². The molecule has 1 aliphatic carbocycles. The number of benzene rings is 1. The molecule has 0 unspecified atom stereocenters. The molecule has 29 heavy (non-hydrogen) atoms. The zero-order valence-corrected chi connectivity index (χ0v) is 17.5. The molecule has 0 aliphatic heterocycles. The minimum absolute atomic E-state index is 0.0177. The molecular formula is C21H25ClF3N3O. The first-order valence-electron chi connectivity index (χ1n) is 9.74. The summed E-state index contributed by atoms with van der Waals surface area (Å²) in [5, 5.41) is 7.46. The lowest BCUT2D eigenvalue weighted by molar-refractivity contribution is -0.137. The molecule has 3 rings (SSSR count). The zero-order valence-electron chi connectivity index (χ0n) is 16.7. The number of aromatic nitrogens is 2. The van der Waals surface area contributed by atoms with E-state index in [4.69, 9.17) is 11.6 Å². The number of carbonyl (C=O) groups is 1. The highest BCUT2D eigenvalue weighted by atomic mass is 35.5. The topological polar surface area (TPSA) is 46.9 Å². The van der Waals surface area contributed by atoms with Crippen molar-refractivity contribution in [3.05, 3.63) is 51.3 Å². The Morgan fingerprint density at radius 3 is 2.41 bits per heavy atom. The molecule has 0 saturated heterocycles. The number of nitrogens with zero attached hydrogens (tertiary/aromatic N) is 2. The summed E-state index contributed by atoms with van der Waals surface area (Å²) in [6.07, 6.45) is -1.09. The number of carbonyl (C=O) groups excluding carboxylic acids is 1. The van der Waals surface area contributed by atoms with Gasteiger partial charge in [-0.25, -0.2) is 0 Å². The third-order valence-corrected chi connectivity index (χ3v) is 6.22. The molecule has 2 aromatic rings. The summed E-state index contributed by atoms with van der Waals surface area (Å²) in [5.41, 5.74) is 2.42. The van der Waals surface area contributed by atoms with Crippen LogP contribution in [-0.2, 0) is 12.7 Å². The van der Waals surface area contributed by atoms with Gasteiger partial charge in [0.2, 0.25) is 0 Å². The Kier molecular flexibility index (Phi) is 6.27. The van der Waals surface area contributed by atoms with Crippen LogP contribution < -0.4 is 5.32 Å². The molecule has 1 N–H and O–H groups in total. The highest BCUT2D eigenvalue weighted by Gasteiger charge is 2.32. The molecule has 0 spiro atoms. The van der Waals surface area contributed by atoms with Gasteiger partial charge >= 0.3 is 6.18 Å². The molecule has 0 radical (unpaired) electrons. The maximum Gasteiger partial charge on any atom is 0.416 e. The van der Waals surface area contributed by atoms with Crippen LogP contribution in [0.25, 0.3) is 0 Å². The van der Waals surface area contributed by atoms with E-state index in [2.05, 4.69) is 28.9 Å². The molecule has 1 amide bonds. The average Bonchev–Trinajstić information content (AvgIpc) is 2.89. The Morgan fingerprint density at radius 1 is 1.21 bits per heavy atom. The molecule has 4 nitrogen and oxygen atoms in total. The first-order valence-corrected chi connectivity index (χ1v) is 10.1. The molecule has 1 aromatic heterocycles. The second kappa shape index (κ2) is 8.38. The fourth-order valence-corrected chi connectivity index (χ4v) is 4.04. The van der Waals surface area contributed by atoms with E-state index < -0.39 is 17.6 Å². The number of amides is 1. The number of alkyl halides is 3. The van der Waals surface area contributed by atoms with Crippen molar-refractivity contribution in [3.63, 3.8) is 0 Å². The number of rotatable bonds is 4. The van der Waals surface area contributed by atoms with Crippen LogP contribution in [0.5, 0.6) is 0 Å². The van der Waals surface area contributed by atoms with Gasteiger partial charge in [0.05, 0.1) is 21.8 Å². The Labute approximate surface area is 173 Å². The number of hydrogen-bond donors (Lipinski definition) is 1. The lowest BCUT2D eigenvalue weighted by atomic mass is 9.86. The summed E-state index contributed by atoms with van der Waals surface area (Å²) in [6.45, 7) is 6.99. The van der Waals surface area contributed by atoms with Crippen molar-refractivity contribution in [2.75, 3.05) is 0 Å². The smallest absolute Gasteiger partial charge is 0.349 e. The van der Waals surface area contributed by atoms with Gasteiger partial charge in [-0.3, -0.25) is 9.48 Å². The van der Waals surface area contributed by atoms with Crippen LogP contribution in [0.15, 0.2) is 18.2 Å². The molecule has 1 heterocycles. The van der Waals surface area contributed by atoms with E-state index in [1.54, 1.807) is 0 Å². The molecule has 1 saturated carbocycles. The van der Waals surface area contributed by atoms with Gasteiger partial charge in [-0.15, -0.1) is 0 Å². The van der Waals surface area contributed by atoms with Gasteiger partial charge in [0, 0.05) is 18.3 Å². The monoisotopic (exact) mass is 427 g/mol. The quantitative estimate of drug-likeness (QED) is 0.703. The van der Waals surface area contributed by atoms with Crippen molar-refractivity contribution in [3.8, 4) is 0 Å². The van der Waals surface area contributed by atoms with Crippen LogP contribution in [0.3, 0.4) is 0 Å². The maximum atomic E-state index is 12.9. The molecule has 0 bridgehead atoms. The number of hydrogen-bond acceptors (Lipinski definition) is 2. The number of aryl methyl sites for hydroxylation is 1. The summed E-state index contributed by atoms with van der Waals surface area (Å²) in [6, 6.07) is 2.75. The predicted molar refractivity (Wildman–Crippen MR) is 106 cm³/mol. The summed E-state index contributed by atoms with van der Waals surface area (Å²) in [5.74, 6) is -0.0867. The largest absolute Gasteiger partial charge is 0.416 e. The van der Waals surface area contributed by atoms with Gasteiger partial charge in [0.25, 0.3) is 5.91 Å². The van der Waals surface area contributed by atoms with E-state index >= 15 is 0 Å². The van der Waals surface area contributed by atoms with Gasteiger partial charge in [0.15, 0.2) is 0 Å². The van der Waals surface area contributed by atoms with Crippen LogP contribution in [0.2, 0.25) is 5.02 Å². The number of nitrogens with one attached hydrogen (secondary N) is 1. The third-order valence-electron chi connectivity index (χ3n) is 5.89. The summed E-state index contributed by atoms with van der Waals surface area (Å²) >= 11 is 5.96. The van der Waals surface area contributed by atoms with Gasteiger partial charge in [-0.2, -0.15) is 18.3 Å². The van der Waals surface area contributed by atoms with Gasteiger partial charge in [-0.1, -0.05) is 11.6 Å².